The molecule has 2 amide bonds. The van der Waals surface area contributed by atoms with Crippen LogP contribution in [-0.2, 0) is 0 Å². The Kier molecular flexibility index (Phi) is 5.98. The van der Waals surface area contributed by atoms with Crippen molar-refractivity contribution in [1.29, 1.82) is 0 Å². The van der Waals surface area contributed by atoms with Crippen LogP contribution in [0.4, 0.5) is 19.3 Å². The minimum atomic E-state index is -2.92. The monoisotopic (exact) mass is 312 g/mol. The first kappa shape index (κ1) is 16.5. The van der Waals surface area contributed by atoms with Crippen molar-refractivity contribution in [3.63, 3.8) is 0 Å². The molecule has 0 aliphatic heterocycles. The lowest BCUT2D eigenvalue weighted by Gasteiger charge is -2.19. The van der Waals surface area contributed by atoms with Crippen molar-refractivity contribution in [1.82, 2.24) is 5.32 Å². The summed E-state index contributed by atoms with van der Waals surface area (Å²) in [7, 11) is 0. The molecule has 0 saturated heterocycles. The van der Waals surface area contributed by atoms with Crippen LogP contribution in [0, 0.1) is 6.92 Å². The molecule has 0 atom stereocenters. The van der Waals surface area contributed by atoms with Gasteiger partial charge >= 0.3 is 12.6 Å². The summed E-state index contributed by atoms with van der Waals surface area (Å²) in [4.78, 5) is 12.1. The number of halogens is 2. The smallest absolute Gasteiger partial charge is 0.387 e. The van der Waals surface area contributed by atoms with E-state index in [0.29, 0.717) is 5.56 Å². The van der Waals surface area contributed by atoms with E-state index in [0.717, 1.165) is 25.7 Å². The van der Waals surface area contributed by atoms with Gasteiger partial charge in [0.15, 0.2) is 0 Å². The Morgan fingerprint density at radius 2 is 1.91 bits per heavy atom. The summed E-state index contributed by atoms with van der Waals surface area (Å²) in [5.41, 5.74) is 0.961. The highest BCUT2D eigenvalue weighted by molar-refractivity contribution is 5.92. The van der Waals surface area contributed by atoms with Gasteiger partial charge in [-0.05, 0) is 31.4 Å². The van der Waals surface area contributed by atoms with Crippen LogP contribution in [0.15, 0.2) is 18.2 Å². The molecule has 4 nitrogen and oxygen atoms in total. The van der Waals surface area contributed by atoms with Gasteiger partial charge in [-0.2, -0.15) is 8.78 Å². The molecule has 0 spiro atoms. The Labute approximate surface area is 129 Å². The lowest BCUT2D eigenvalue weighted by molar-refractivity contribution is -0.0493. The van der Waals surface area contributed by atoms with E-state index in [2.05, 4.69) is 15.4 Å². The normalized spacial score (nSPS) is 16.2. The van der Waals surface area contributed by atoms with E-state index >= 15 is 0 Å². The van der Waals surface area contributed by atoms with Crippen LogP contribution >= 0.6 is 0 Å². The molecule has 0 aromatic heterocycles. The third kappa shape index (κ3) is 4.86. The Hall–Kier alpha value is -1.85. The highest BCUT2D eigenvalue weighted by Gasteiger charge is 2.17. The molecule has 0 heterocycles. The fourth-order valence-electron chi connectivity index (χ4n) is 2.75. The van der Waals surface area contributed by atoms with Gasteiger partial charge in [-0.3, -0.25) is 0 Å². The van der Waals surface area contributed by atoms with E-state index in [1.165, 1.54) is 18.9 Å². The maximum atomic E-state index is 12.4. The number of anilines is 1. The van der Waals surface area contributed by atoms with Crippen molar-refractivity contribution in [2.24, 2.45) is 0 Å². The van der Waals surface area contributed by atoms with Gasteiger partial charge in [0, 0.05) is 6.04 Å². The SMILES string of the molecule is Cc1cccc(OC(F)F)c1NC(=O)NC1CCCCCC1. The summed E-state index contributed by atoms with van der Waals surface area (Å²) in [5, 5.41) is 5.57. The first-order valence-corrected chi connectivity index (χ1v) is 7.68. The number of hydrogen-bond donors (Lipinski definition) is 2. The van der Waals surface area contributed by atoms with Crippen LogP contribution < -0.4 is 15.4 Å². The van der Waals surface area contributed by atoms with Crippen molar-refractivity contribution in [3.8, 4) is 5.75 Å². The van der Waals surface area contributed by atoms with E-state index in [-0.39, 0.29) is 23.5 Å². The molecule has 6 heteroatoms. The fraction of sp³-hybridized carbons (Fsp3) is 0.562. The summed E-state index contributed by atoms with van der Waals surface area (Å²) in [6, 6.07) is 4.54. The Morgan fingerprint density at radius 1 is 1.23 bits per heavy atom. The first-order chi connectivity index (χ1) is 10.6. The molecule has 1 saturated carbocycles. The highest BCUT2D eigenvalue weighted by Crippen LogP contribution is 2.29. The molecule has 1 aliphatic carbocycles. The molecule has 1 aromatic carbocycles. The Morgan fingerprint density at radius 3 is 2.55 bits per heavy atom. The molecule has 0 bridgehead atoms. The second-order valence-corrected chi connectivity index (χ2v) is 5.61. The van der Waals surface area contributed by atoms with Gasteiger partial charge in [-0.15, -0.1) is 0 Å². The predicted molar refractivity (Wildman–Crippen MR) is 81.5 cm³/mol. The number of para-hydroxylation sites is 1. The Bertz CT molecular complexity index is 501. The van der Waals surface area contributed by atoms with E-state index in [1.54, 1.807) is 19.1 Å². The van der Waals surface area contributed by atoms with Crippen LogP contribution in [0.2, 0.25) is 0 Å². The molecule has 1 aliphatic rings. The largest absolute Gasteiger partial charge is 0.433 e. The van der Waals surface area contributed by atoms with E-state index in [4.69, 9.17) is 0 Å². The van der Waals surface area contributed by atoms with Crippen molar-refractivity contribution in [2.45, 2.75) is 58.1 Å². The number of rotatable bonds is 4. The number of hydrogen-bond acceptors (Lipinski definition) is 2. The summed E-state index contributed by atoms with van der Waals surface area (Å²) >= 11 is 0. The molecule has 2 rings (SSSR count). The summed E-state index contributed by atoms with van der Waals surface area (Å²) < 4.78 is 29.3. The quantitative estimate of drug-likeness (QED) is 0.807. The Balaban J connectivity index is 2.01. The lowest BCUT2D eigenvalue weighted by Crippen LogP contribution is -2.37. The number of ether oxygens (including phenoxy) is 1. The maximum absolute atomic E-state index is 12.4. The van der Waals surface area contributed by atoms with Crippen molar-refractivity contribution in [3.05, 3.63) is 23.8 Å². The van der Waals surface area contributed by atoms with E-state index in [1.807, 2.05) is 0 Å². The second-order valence-electron chi connectivity index (χ2n) is 5.61. The van der Waals surface area contributed by atoms with Crippen LogP contribution in [0.25, 0.3) is 0 Å². The third-order valence-electron chi connectivity index (χ3n) is 3.88. The van der Waals surface area contributed by atoms with Crippen LogP contribution in [0.1, 0.15) is 44.1 Å². The number of aryl methyl sites for hydroxylation is 1. The van der Waals surface area contributed by atoms with Crippen LogP contribution in [0.5, 0.6) is 5.75 Å². The minimum Gasteiger partial charge on any atom is -0.433 e. The zero-order valence-electron chi connectivity index (χ0n) is 12.7. The fourth-order valence-corrected chi connectivity index (χ4v) is 2.75. The first-order valence-electron chi connectivity index (χ1n) is 7.68. The van der Waals surface area contributed by atoms with Gasteiger partial charge in [0.05, 0.1) is 5.69 Å². The average molecular weight is 312 g/mol. The zero-order valence-corrected chi connectivity index (χ0v) is 12.7. The van der Waals surface area contributed by atoms with Gasteiger partial charge < -0.3 is 15.4 Å². The molecule has 0 unspecified atom stereocenters. The molecule has 0 radical (unpaired) electrons. The zero-order chi connectivity index (χ0) is 15.9. The van der Waals surface area contributed by atoms with Gasteiger partial charge in [0.2, 0.25) is 0 Å². The minimum absolute atomic E-state index is 0.0222. The van der Waals surface area contributed by atoms with Crippen LogP contribution in [-0.4, -0.2) is 18.7 Å². The number of amides is 2. The summed E-state index contributed by atoms with van der Waals surface area (Å²) in [6.45, 7) is -1.19. The standard InChI is InChI=1S/C16H22F2N2O2/c1-11-7-6-10-13(22-15(17)18)14(11)20-16(21)19-12-8-4-2-3-5-9-12/h6-7,10,12,15H,2-5,8-9H2,1H3,(H2,19,20,21). The number of urea groups is 1. The van der Waals surface area contributed by atoms with E-state index in [9.17, 15) is 13.6 Å². The van der Waals surface area contributed by atoms with Gasteiger partial charge in [0.25, 0.3) is 0 Å². The maximum Gasteiger partial charge on any atom is 0.387 e. The van der Waals surface area contributed by atoms with Gasteiger partial charge in [0.1, 0.15) is 5.75 Å². The third-order valence-corrected chi connectivity index (χ3v) is 3.88. The average Bonchev–Trinajstić information content (AvgIpc) is 2.71. The molecule has 22 heavy (non-hydrogen) atoms. The summed E-state index contributed by atoms with van der Waals surface area (Å²) in [6.07, 6.45) is 6.53. The second kappa shape index (κ2) is 7.96. The molecule has 122 valence electrons. The number of nitrogens with one attached hydrogen (secondary N) is 2. The molecular formula is C16H22F2N2O2. The molecule has 1 fully saturated rings. The number of alkyl halides is 2. The molecular weight excluding hydrogens is 290 g/mol. The predicted octanol–water partition coefficient (Wildman–Crippen LogP) is 4.44. The van der Waals surface area contributed by atoms with Crippen molar-refractivity contribution < 1.29 is 18.3 Å². The van der Waals surface area contributed by atoms with Gasteiger partial charge in [-0.25, -0.2) is 4.79 Å². The number of benzene rings is 1. The highest BCUT2D eigenvalue weighted by atomic mass is 19.3. The number of carbonyl (C=O) groups excluding carboxylic acids is 1. The van der Waals surface area contributed by atoms with Crippen LogP contribution in [0.3, 0.4) is 0 Å². The summed E-state index contributed by atoms with van der Waals surface area (Å²) in [5.74, 6) is -0.0222. The van der Waals surface area contributed by atoms with E-state index < -0.39 is 6.61 Å². The number of carbonyl (C=O) groups is 1. The molecule has 2 N–H and O–H groups in total. The topological polar surface area (TPSA) is 50.4 Å². The lowest BCUT2D eigenvalue weighted by atomic mass is 10.1. The van der Waals surface area contributed by atoms with Gasteiger partial charge in [-0.1, -0.05) is 37.8 Å². The van der Waals surface area contributed by atoms with Crippen molar-refractivity contribution in [2.75, 3.05) is 5.32 Å². The molecule has 1 aromatic rings. The van der Waals surface area contributed by atoms with Crippen molar-refractivity contribution >= 4 is 11.7 Å².